The van der Waals surface area contributed by atoms with Crippen molar-refractivity contribution in [2.45, 2.75) is 25.7 Å². The first-order valence-corrected chi connectivity index (χ1v) is 9.54. The topological polar surface area (TPSA) is 9.23 Å². The van der Waals surface area contributed by atoms with Gasteiger partial charge in [0.2, 0.25) is 0 Å². The Kier molecular flexibility index (Phi) is 8.19. The first-order chi connectivity index (χ1) is 9.05. The van der Waals surface area contributed by atoms with Crippen LogP contribution in [0, 0.1) is 5.92 Å². The molecule has 0 N–H and O–H groups in total. The van der Waals surface area contributed by atoms with Crippen molar-refractivity contribution in [3.05, 3.63) is 34.3 Å². The van der Waals surface area contributed by atoms with E-state index in [2.05, 4.69) is 85.9 Å². The Labute approximate surface area is 141 Å². The van der Waals surface area contributed by atoms with Crippen LogP contribution in [0.5, 0.6) is 0 Å². The molecule has 1 aromatic carbocycles. The lowest BCUT2D eigenvalue weighted by atomic mass is 9.82. The highest BCUT2D eigenvalue weighted by atomic mass is 79.9. The predicted octanol–water partition coefficient (Wildman–Crippen LogP) is 5.54. The van der Waals surface area contributed by atoms with Crippen LogP contribution in [0.15, 0.2) is 28.7 Å². The van der Waals surface area contributed by atoms with E-state index in [1.165, 1.54) is 5.56 Å². The fourth-order valence-corrected chi connectivity index (χ4v) is 4.72. The lowest BCUT2D eigenvalue weighted by Gasteiger charge is -2.31. The zero-order valence-corrected chi connectivity index (χ0v) is 16.2. The Morgan fingerprint density at radius 2 is 1.79 bits per heavy atom. The SMILES string of the molecule is CC(C)COCCC(CBr)(CBr)c1ccccc1Br. The van der Waals surface area contributed by atoms with Crippen LogP contribution in [0.25, 0.3) is 0 Å². The summed E-state index contributed by atoms with van der Waals surface area (Å²) in [4.78, 5) is 0. The van der Waals surface area contributed by atoms with Crippen LogP contribution in [0.4, 0.5) is 0 Å². The Bertz CT molecular complexity index is 375. The zero-order valence-electron chi connectivity index (χ0n) is 11.5. The molecule has 108 valence electrons. The van der Waals surface area contributed by atoms with Gasteiger partial charge in [-0.05, 0) is 24.0 Å². The van der Waals surface area contributed by atoms with Crippen molar-refractivity contribution < 1.29 is 4.74 Å². The average Bonchev–Trinajstić information content (AvgIpc) is 2.40. The van der Waals surface area contributed by atoms with Crippen molar-refractivity contribution >= 4 is 47.8 Å². The zero-order chi connectivity index (χ0) is 14.3. The van der Waals surface area contributed by atoms with Gasteiger partial charge < -0.3 is 4.74 Å². The van der Waals surface area contributed by atoms with E-state index in [9.17, 15) is 0 Å². The summed E-state index contributed by atoms with van der Waals surface area (Å²) >= 11 is 11.0. The van der Waals surface area contributed by atoms with Gasteiger partial charge in [-0.2, -0.15) is 0 Å². The summed E-state index contributed by atoms with van der Waals surface area (Å²) in [7, 11) is 0. The van der Waals surface area contributed by atoms with E-state index in [0.717, 1.165) is 34.8 Å². The van der Waals surface area contributed by atoms with Gasteiger partial charge in [0.05, 0.1) is 0 Å². The minimum absolute atomic E-state index is 0.0665. The molecule has 0 aliphatic carbocycles. The van der Waals surface area contributed by atoms with Crippen LogP contribution in [-0.2, 0) is 10.2 Å². The van der Waals surface area contributed by atoms with Gasteiger partial charge in [0.1, 0.15) is 0 Å². The number of hydrogen-bond donors (Lipinski definition) is 0. The van der Waals surface area contributed by atoms with Gasteiger partial charge in [-0.1, -0.05) is 79.8 Å². The average molecular weight is 457 g/mol. The smallest absolute Gasteiger partial charge is 0.0488 e. The number of hydrogen-bond acceptors (Lipinski definition) is 1. The Balaban J connectivity index is 2.77. The van der Waals surface area contributed by atoms with Gasteiger partial charge >= 0.3 is 0 Å². The van der Waals surface area contributed by atoms with E-state index in [4.69, 9.17) is 4.74 Å². The lowest BCUT2D eigenvalue weighted by Crippen LogP contribution is -2.32. The number of halogens is 3. The standard InChI is InChI=1S/C15H21Br3O/c1-12(2)9-19-8-7-15(10-16,11-17)13-5-3-4-6-14(13)18/h3-6,12H,7-11H2,1-2H3. The van der Waals surface area contributed by atoms with Crippen LogP contribution in [0.2, 0.25) is 0 Å². The molecule has 0 atom stereocenters. The third kappa shape index (κ3) is 5.14. The fourth-order valence-electron chi connectivity index (χ4n) is 1.93. The lowest BCUT2D eigenvalue weighted by molar-refractivity contribution is 0.0975. The molecule has 0 bridgehead atoms. The van der Waals surface area contributed by atoms with Gasteiger partial charge in [-0.3, -0.25) is 0 Å². The molecule has 4 heteroatoms. The first-order valence-electron chi connectivity index (χ1n) is 6.50. The van der Waals surface area contributed by atoms with Crippen LogP contribution >= 0.6 is 47.8 Å². The molecular formula is C15H21Br3O. The molecule has 0 aromatic heterocycles. The van der Waals surface area contributed by atoms with Crippen molar-refractivity contribution in [3.8, 4) is 0 Å². The highest BCUT2D eigenvalue weighted by Gasteiger charge is 2.31. The molecule has 0 amide bonds. The highest BCUT2D eigenvalue weighted by Crippen LogP contribution is 2.36. The molecule has 0 saturated carbocycles. The molecule has 0 heterocycles. The largest absolute Gasteiger partial charge is 0.381 e. The maximum atomic E-state index is 5.76. The summed E-state index contributed by atoms with van der Waals surface area (Å²) in [5.74, 6) is 0.589. The van der Waals surface area contributed by atoms with Crippen molar-refractivity contribution in [3.63, 3.8) is 0 Å². The van der Waals surface area contributed by atoms with Gasteiger partial charge in [-0.15, -0.1) is 0 Å². The summed E-state index contributed by atoms with van der Waals surface area (Å²) < 4.78 is 6.92. The number of ether oxygens (including phenoxy) is 1. The molecule has 0 radical (unpaired) electrons. The summed E-state index contributed by atoms with van der Waals surface area (Å²) in [6, 6.07) is 8.44. The second kappa shape index (κ2) is 8.81. The van der Waals surface area contributed by atoms with Crippen molar-refractivity contribution in [1.82, 2.24) is 0 Å². The second-order valence-electron chi connectivity index (χ2n) is 5.25. The van der Waals surface area contributed by atoms with Gasteiger partial charge in [0.15, 0.2) is 0 Å². The van der Waals surface area contributed by atoms with Gasteiger partial charge in [-0.25, -0.2) is 0 Å². The van der Waals surface area contributed by atoms with E-state index in [-0.39, 0.29) is 5.41 Å². The van der Waals surface area contributed by atoms with E-state index in [1.807, 2.05) is 0 Å². The minimum atomic E-state index is 0.0665. The normalized spacial score (nSPS) is 12.1. The van der Waals surface area contributed by atoms with Crippen molar-refractivity contribution in [2.75, 3.05) is 23.9 Å². The summed E-state index contributed by atoms with van der Waals surface area (Å²) in [6.07, 6.45) is 0.999. The van der Waals surface area contributed by atoms with Crippen LogP contribution < -0.4 is 0 Å². The number of alkyl halides is 2. The predicted molar refractivity (Wildman–Crippen MR) is 93.7 cm³/mol. The molecule has 0 unspecified atom stereocenters. The Morgan fingerprint density at radius 3 is 2.32 bits per heavy atom. The molecule has 1 nitrogen and oxygen atoms in total. The molecule has 0 spiro atoms. The molecule has 0 saturated heterocycles. The van der Waals surface area contributed by atoms with Crippen molar-refractivity contribution in [1.29, 1.82) is 0 Å². The monoisotopic (exact) mass is 454 g/mol. The third-order valence-corrected chi connectivity index (χ3v) is 5.97. The molecule has 1 aromatic rings. The summed E-state index contributed by atoms with van der Waals surface area (Å²) in [5, 5.41) is 1.83. The summed E-state index contributed by atoms with van der Waals surface area (Å²) in [6.45, 7) is 5.97. The van der Waals surface area contributed by atoms with Crippen molar-refractivity contribution in [2.24, 2.45) is 5.92 Å². The number of rotatable bonds is 8. The van der Waals surface area contributed by atoms with Gasteiger partial charge in [0, 0.05) is 33.8 Å². The van der Waals surface area contributed by atoms with E-state index < -0.39 is 0 Å². The molecule has 19 heavy (non-hydrogen) atoms. The molecule has 1 rings (SSSR count). The van der Waals surface area contributed by atoms with Gasteiger partial charge in [0.25, 0.3) is 0 Å². The fraction of sp³-hybridized carbons (Fsp3) is 0.600. The van der Waals surface area contributed by atoms with E-state index >= 15 is 0 Å². The van der Waals surface area contributed by atoms with E-state index in [0.29, 0.717) is 5.92 Å². The Morgan fingerprint density at radius 1 is 1.16 bits per heavy atom. The quantitative estimate of drug-likeness (QED) is 0.368. The highest BCUT2D eigenvalue weighted by molar-refractivity contribution is 9.10. The second-order valence-corrected chi connectivity index (χ2v) is 7.22. The molecule has 0 aliphatic rings. The minimum Gasteiger partial charge on any atom is -0.381 e. The van der Waals surface area contributed by atoms with Crippen LogP contribution in [0.1, 0.15) is 25.8 Å². The first kappa shape index (κ1) is 17.7. The van der Waals surface area contributed by atoms with E-state index in [1.54, 1.807) is 0 Å². The third-order valence-electron chi connectivity index (χ3n) is 3.13. The Hall–Kier alpha value is 0.620. The van der Waals surface area contributed by atoms with Crippen LogP contribution in [-0.4, -0.2) is 23.9 Å². The number of benzene rings is 1. The maximum absolute atomic E-state index is 5.76. The molecular weight excluding hydrogens is 436 g/mol. The molecule has 0 fully saturated rings. The summed E-state index contributed by atoms with van der Waals surface area (Å²) in [5.41, 5.74) is 1.40. The molecule has 0 aliphatic heterocycles. The maximum Gasteiger partial charge on any atom is 0.0488 e. The van der Waals surface area contributed by atoms with Crippen LogP contribution in [0.3, 0.4) is 0 Å².